The highest BCUT2D eigenvalue weighted by Gasteiger charge is 2.40. The van der Waals surface area contributed by atoms with Gasteiger partial charge < -0.3 is 10.6 Å². The molecule has 1 unspecified atom stereocenters. The monoisotopic (exact) mass is 309 g/mol. The van der Waals surface area contributed by atoms with E-state index in [9.17, 15) is 8.42 Å². The Morgan fingerprint density at radius 3 is 2.52 bits per heavy atom. The van der Waals surface area contributed by atoms with Crippen molar-refractivity contribution in [2.24, 2.45) is 0 Å². The molecule has 2 aliphatic rings. The average molecular weight is 309 g/mol. The Balaban J connectivity index is 1.65. The number of piperidine rings is 1. The second kappa shape index (κ2) is 5.59. The van der Waals surface area contributed by atoms with Gasteiger partial charge in [-0.1, -0.05) is 0 Å². The number of benzene rings is 1. The summed E-state index contributed by atoms with van der Waals surface area (Å²) in [6, 6.07) is 7.46. The van der Waals surface area contributed by atoms with Gasteiger partial charge in [0, 0.05) is 17.3 Å². The highest BCUT2D eigenvalue weighted by Crippen LogP contribution is 2.38. The predicted molar refractivity (Wildman–Crippen MR) is 83.9 cm³/mol. The van der Waals surface area contributed by atoms with Crippen LogP contribution in [-0.2, 0) is 10.0 Å². The maximum Gasteiger partial charge on any atom is 0.240 e. The zero-order valence-corrected chi connectivity index (χ0v) is 13.2. The lowest BCUT2D eigenvalue weighted by Gasteiger charge is -2.48. The molecule has 1 aliphatic carbocycles. The van der Waals surface area contributed by atoms with E-state index in [1.165, 1.54) is 26.3 Å². The quantitative estimate of drug-likeness (QED) is 0.791. The summed E-state index contributed by atoms with van der Waals surface area (Å²) in [5, 5.41) is 7.20. The first-order chi connectivity index (χ1) is 10.0. The third-order valence-electron chi connectivity index (χ3n) is 4.74. The van der Waals surface area contributed by atoms with E-state index in [1.807, 2.05) is 12.1 Å². The molecule has 5 nitrogen and oxygen atoms in total. The minimum Gasteiger partial charge on any atom is -0.382 e. The molecule has 0 radical (unpaired) electrons. The summed E-state index contributed by atoms with van der Waals surface area (Å²) in [5.41, 5.74) is 1.36. The molecule has 1 aromatic rings. The molecule has 0 bridgehead atoms. The molecule has 1 atom stereocenters. The molecule has 3 N–H and O–H groups in total. The van der Waals surface area contributed by atoms with Crippen molar-refractivity contribution in [2.45, 2.75) is 48.6 Å². The lowest BCUT2D eigenvalue weighted by Crippen LogP contribution is -2.58. The molecule has 1 saturated carbocycles. The Bertz CT molecular complexity index is 594. The van der Waals surface area contributed by atoms with Gasteiger partial charge in [0.1, 0.15) is 0 Å². The molecular formula is C15H23N3O2S. The Kier molecular flexibility index (Phi) is 3.94. The SMILES string of the molecule is CNS(=O)(=O)c1ccc(NC2CCNC3(CCC3)C2)cc1. The van der Waals surface area contributed by atoms with Gasteiger partial charge >= 0.3 is 0 Å². The van der Waals surface area contributed by atoms with Crippen LogP contribution < -0.4 is 15.4 Å². The van der Waals surface area contributed by atoms with Crippen LogP contribution in [0.25, 0.3) is 0 Å². The van der Waals surface area contributed by atoms with Crippen LogP contribution in [0, 0.1) is 0 Å². The van der Waals surface area contributed by atoms with E-state index in [2.05, 4.69) is 15.4 Å². The first-order valence-corrected chi connectivity index (χ1v) is 9.07. The molecule has 116 valence electrons. The first kappa shape index (κ1) is 14.8. The fraction of sp³-hybridized carbons (Fsp3) is 0.600. The first-order valence-electron chi connectivity index (χ1n) is 7.58. The van der Waals surface area contributed by atoms with Gasteiger partial charge in [0.05, 0.1) is 4.90 Å². The summed E-state index contributed by atoms with van der Waals surface area (Å²) in [6.45, 7) is 1.06. The molecule has 2 fully saturated rings. The maximum absolute atomic E-state index is 11.7. The van der Waals surface area contributed by atoms with Gasteiger partial charge in [-0.2, -0.15) is 0 Å². The molecular weight excluding hydrogens is 286 g/mol. The van der Waals surface area contributed by atoms with Crippen molar-refractivity contribution in [3.8, 4) is 0 Å². The van der Waals surface area contributed by atoms with Crippen molar-refractivity contribution in [1.29, 1.82) is 0 Å². The molecule has 1 heterocycles. The summed E-state index contributed by atoms with van der Waals surface area (Å²) in [4.78, 5) is 0.302. The third kappa shape index (κ3) is 3.07. The molecule has 6 heteroatoms. The van der Waals surface area contributed by atoms with E-state index in [0.717, 1.165) is 25.1 Å². The molecule has 1 aliphatic heterocycles. The van der Waals surface area contributed by atoms with Crippen LogP contribution in [-0.4, -0.2) is 33.6 Å². The summed E-state index contributed by atoms with van der Waals surface area (Å²) < 4.78 is 25.7. The van der Waals surface area contributed by atoms with Crippen LogP contribution in [0.3, 0.4) is 0 Å². The zero-order valence-electron chi connectivity index (χ0n) is 12.4. The smallest absolute Gasteiger partial charge is 0.240 e. The van der Waals surface area contributed by atoms with Crippen LogP contribution in [0.4, 0.5) is 5.69 Å². The van der Waals surface area contributed by atoms with Gasteiger partial charge in [0.2, 0.25) is 10.0 Å². The van der Waals surface area contributed by atoms with E-state index >= 15 is 0 Å². The van der Waals surface area contributed by atoms with Crippen LogP contribution in [0.15, 0.2) is 29.2 Å². The number of anilines is 1. The summed E-state index contributed by atoms with van der Waals surface area (Å²) in [5.74, 6) is 0. The Morgan fingerprint density at radius 1 is 1.24 bits per heavy atom. The Morgan fingerprint density at radius 2 is 1.95 bits per heavy atom. The molecule has 3 rings (SSSR count). The van der Waals surface area contributed by atoms with E-state index in [4.69, 9.17) is 0 Å². The molecule has 1 aromatic carbocycles. The fourth-order valence-corrected chi connectivity index (χ4v) is 4.08. The van der Waals surface area contributed by atoms with Gasteiger partial charge in [-0.15, -0.1) is 0 Å². The van der Waals surface area contributed by atoms with Gasteiger partial charge in [-0.25, -0.2) is 13.1 Å². The lowest BCUT2D eigenvalue weighted by molar-refractivity contribution is 0.135. The number of sulfonamides is 1. The van der Waals surface area contributed by atoms with Gasteiger partial charge in [-0.3, -0.25) is 0 Å². The summed E-state index contributed by atoms with van der Waals surface area (Å²) in [6.07, 6.45) is 6.16. The van der Waals surface area contributed by atoms with Gasteiger partial charge in [0.15, 0.2) is 0 Å². The van der Waals surface area contributed by atoms with Crippen molar-refractivity contribution >= 4 is 15.7 Å². The minimum atomic E-state index is -3.35. The standard InChI is InChI=1S/C15H23N3O2S/c1-16-21(19,20)14-5-3-12(4-6-14)18-13-7-10-17-15(11-13)8-2-9-15/h3-6,13,16-18H,2,7-11H2,1H3. The number of nitrogens with one attached hydrogen (secondary N) is 3. The van der Waals surface area contributed by atoms with Crippen LogP contribution >= 0.6 is 0 Å². The van der Waals surface area contributed by atoms with Crippen molar-refractivity contribution < 1.29 is 8.42 Å². The van der Waals surface area contributed by atoms with Crippen LogP contribution in [0.2, 0.25) is 0 Å². The molecule has 1 spiro atoms. The number of hydrogen-bond acceptors (Lipinski definition) is 4. The molecule has 0 aromatic heterocycles. The minimum absolute atomic E-state index is 0.302. The highest BCUT2D eigenvalue weighted by molar-refractivity contribution is 7.89. The summed E-state index contributed by atoms with van der Waals surface area (Å²) in [7, 11) is -1.92. The van der Waals surface area contributed by atoms with Crippen LogP contribution in [0.1, 0.15) is 32.1 Å². The molecule has 1 saturated heterocycles. The maximum atomic E-state index is 11.7. The van der Waals surface area contributed by atoms with Crippen LogP contribution in [0.5, 0.6) is 0 Å². The number of hydrogen-bond donors (Lipinski definition) is 3. The second-order valence-corrected chi connectivity index (χ2v) is 8.01. The Labute approximate surface area is 126 Å². The van der Waals surface area contributed by atoms with Gasteiger partial charge in [-0.05, 0) is 70.0 Å². The van der Waals surface area contributed by atoms with Crippen molar-refractivity contribution in [3.05, 3.63) is 24.3 Å². The second-order valence-electron chi connectivity index (χ2n) is 6.13. The average Bonchev–Trinajstić information content (AvgIpc) is 2.46. The summed E-state index contributed by atoms with van der Waals surface area (Å²) >= 11 is 0. The predicted octanol–water partition coefficient (Wildman–Crippen LogP) is 1.68. The van der Waals surface area contributed by atoms with E-state index in [-0.39, 0.29) is 0 Å². The Hall–Kier alpha value is -1.11. The molecule has 21 heavy (non-hydrogen) atoms. The van der Waals surface area contributed by atoms with E-state index in [1.54, 1.807) is 12.1 Å². The highest BCUT2D eigenvalue weighted by atomic mass is 32.2. The number of rotatable bonds is 4. The largest absolute Gasteiger partial charge is 0.382 e. The van der Waals surface area contributed by atoms with Crippen molar-refractivity contribution in [2.75, 3.05) is 18.9 Å². The zero-order chi connectivity index (χ0) is 14.9. The van der Waals surface area contributed by atoms with Crippen molar-refractivity contribution in [1.82, 2.24) is 10.0 Å². The van der Waals surface area contributed by atoms with Crippen molar-refractivity contribution in [3.63, 3.8) is 0 Å². The van der Waals surface area contributed by atoms with Gasteiger partial charge in [0.25, 0.3) is 0 Å². The fourth-order valence-electron chi connectivity index (χ4n) is 3.35. The topological polar surface area (TPSA) is 70.2 Å². The lowest BCUT2D eigenvalue weighted by atomic mass is 9.70. The van der Waals surface area contributed by atoms with E-state index < -0.39 is 10.0 Å². The van der Waals surface area contributed by atoms with E-state index in [0.29, 0.717) is 16.5 Å². The normalized spacial score (nSPS) is 24.5. The molecule has 0 amide bonds. The third-order valence-corrected chi connectivity index (χ3v) is 6.17.